The number of fused-ring (bicyclic) bond motifs is 3. The average molecular weight is 265 g/mol. The van der Waals surface area contributed by atoms with Crippen molar-refractivity contribution < 1.29 is 0 Å². The van der Waals surface area contributed by atoms with Crippen molar-refractivity contribution in [1.82, 2.24) is 15.1 Å². The summed E-state index contributed by atoms with van der Waals surface area (Å²) in [7, 11) is 0. The third kappa shape index (κ3) is 2.48. The van der Waals surface area contributed by atoms with Crippen molar-refractivity contribution in [3.63, 3.8) is 0 Å². The molecule has 2 bridgehead atoms. The first kappa shape index (κ1) is 12.6. The largest absolute Gasteiger partial charge is 0.309 e. The van der Waals surface area contributed by atoms with Crippen molar-refractivity contribution in [3.05, 3.63) is 22.4 Å². The summed E-state index contributed by atoms with van der Waals surface area (Å²) in [6, 6.07) is 3.46. The van der Waals surface area contributed by atoms with Gasteiger partial charge in [0.2, 0.25) is 0 Å². The van der Waals surface area contributed by atoms with E-state index in [1.165, 1.54) is 44.7 Å². The minimum absolute atomic E-state index is 0.513. The maximum Gasteiger partial charge on any atom is 0.0499 e. The predicted molar refractivity (Wildman–Crippen MR) is 77.2 cm³/mol. The van der Waals surface area contributed by atoms with E-state index in [0.717, 1.165) is 6.54 Å². The lowest BCUT2D eigenvalue weighted by Crippen LogP contribution is -2.63. The number of hydrogen-bond donors (Lipinski definition) is 1. The minimum atomic E-state index is 0.513. The number of piperazine rings is 3. The molecule has 1 aromatic heterocycles. The smallest absolute Gasteiger partial charge is 0.0499 e. The van der Waals surface area contributed by atoms with Crippen LogP contribution in [0.4, 0.5) is 0 Å². The summed E-state index contributed by atoms with van der Waals surface area (Å²) < 4.78 is 0. The van der Waals surface area contributed by atoms with Gasteiger partial charge >= 0.3 is 0 Å². The number of nitrogens with zero attached hydrogens (tertiary/aromatic N) is 2. The highest BCUT2D eigenvalue weighted by Gasteiger charge is 2.37. The van der Waals surface area contributed by atoms with Crippen LogP contribution in [0.15, 0.2) is 16.8 Å². The Morgan fingerprint density at radius 1 is 1.39 bits per heavy atom. The van der Waals surface area contributed by atoms with E-state index in [4.69, 9.17) is 0 Å². The molecule has 3 saturated heterocycles. The van der Waals surface area contributed by atoms with Crippen molar-refractivity contribution in [2.24, 2.45) is 0 Å². The third-order valence-electron chi connectivity index (χ3n) is 4.22. The molecule has 2 atom stereocenters. The van der Waals surface area contributed by atoms with Gasteiger partial charge in [-0.25, -0.2) is 0 Å². The quantitative estimate of drug-likeness (QED) is 0.875. The fourth-order valence-electron chi connectivity index (χ4n) is 3.20. The second-order valence-electron chi connectivity index (χ2n) is 5.39. The van der Waals surface area contributed by atoms with Crippen LogP contribution < -0.4 is 5.32 Å². The molecule has 1 aromatic rings. The Bertz CT molecular complexity index is 357. The number of hydrogen-bond acceptors (Lipinski definition) is 4. The summed E-state index contributed by atoms with van der Waals surface area (Å²) in [5.74, 6) is 0. The molecule has 1 N–H and O–H groups in total. The Morgan fingerprint density at radius 3 is 2.78 bits per heavy atom. The zero-order valence-corrected chi connectivity index (χ0v) is 12.0. The van der Waals surface area contributed by atoms with Crippen molar-refractivity contribution in [3.8, 4) is 0 Å². The number of rotatable bonds is 5. The van der Waals surface area contributed by atoms with E-state index in [2.05, 4.69) is 38.9 Å². The Hall–Kier alpha value is -0.420. The molecule has 0 aromatic carbocycles. The van der Waals surface area contributed by atoms with Gasteiger partial charge in [-0.1, -0.05) is 6.92 Å². The molecule has 0 spiro atoms. The van der Waals surface area contributed by atoms with E-state index in [-0.39, 0.29) is 0 Å². The van der Waals surface area contributed by atoms with Gasteiger partial charge in [0.05, 0.1) is 0 Å². The molecular weight excluding hydrogens is 242 g/mol. The van der Waals surface area contributed by atoms with E-state index in [1.54, 1.807) is 0 Å². The zero-order valence-electron chi connectivity index (χ0n) is 11.1. The standard InChI is InChI=1S/C14H23N3S/c1-2-4-15-14(12-3-9-18-11-12)13-10-16-5-7-17(13)8-6-16/h3,9,11,13-15H,2,4-8,10H2,1H3. The van der Waals surface area contributed by atoms with Gasteiger partial charge in [0.15, 0.2) is 0 Å². The van der Waals surface area contributed by atoms with Crippen molar-refractivity contribution >= 4 is 11.3 Å². The van der Waals surface area contributed by atoms with E-state index < -0.39 is 0 Å². The number of thiophene rings is 1. The normalized spacial score (nSPS) is 32.6. The predicted octanol–water partition coefficient (Wildman–Crippen LogP) is 1.79. The van der Waals surface area contributed by atoms with Gasteiger partial charge in [-0.2, -0.15) is 11.3 Å². The fraction of sp³-hybridized carbons (Fsp3) is 0.714. The van der Waals surface area contributed by atoms with Gasteiger partial charge in [-0.3, -0.25) is 9.80 Å². The minimum Gasteiger partial charge on any atom is -0.309 e. The molecule has 0 aliphatic carbocycles. The van der Waals surface area contributed by atoms with Crippen LogP contribution in [-0.4, -0.2) is 55.1 Å². The van der Waals surface area contributed by atoms with Crippen molar-refractivity contribution in [2.75, 3.05) is 39.3 Å². The summed E-state index contributed by atoms with van der Waals surface area (Å²) in [5.41, 5.74) is 1.48. The molecule has 0 saturated carbocycles. The fourth-order valence-corrected chi connectivity index (χ4v) is 3.90. The molecular formula is C14H23N3S. The molecule has 4 rings (SSSR count). The summed E-state index contributed by atoms with van der Waals surface area (Å²) in [6.45, 7) is 9.62. The first-order valence-electron chi connectivity index (χ1n) is 7.10. The molecule has 3 fully saturated rings. The van der Waals surface area contributed by atoms with E-state index in [0.29, 0.717) is 12.1 Å². The molecule has 4 heteroatoms. The van der Waals surface area contributed by atoms with Crippen LogP contribution in [0.1, 0.15) is 24.9 Å². The Balaban J connectivity index is 1.76. The van der Waals surface area contributed by atoms with Gasteiger partial charge in [0.1, 0.15) is 0 Å². The highest BCUT2D eigenvalue weighted by molar-refractivity contribution is 7.07. The molecule has 4 heterocycles. The van der Waals surface area contributed by atoms with Crippen molar-refractivity contribution in [1.29, 1.82) is 0 Å². The Morgan fingerprint density at radius 2 is 2.22 bits per heavy atom. The Labute approximate surface area is 114 Å². The van der Waals surface area contributed by atoms with Crippen LogP contribution in [0.5, 0.6) is 0 Å². The van der Waals surface area contributed by atoms with Crippen molar-refractivity contribution in [2.45, 2.75) is 25.4 Å². The van der Waals surface area contributed by atoms with Gasteiger partial charge < -0.3 is 5.32 Å². The van der Waals surface area contributed by atoms with Gasteiger partial charge in [0, 0.05) is 44.8 Å². The Kier molecular flexibility index (Phi) is 3.99. The summed E-state index contributed by atoms with van der Waals surface area (Å²) in [4.78, 5) is 5.31. The topological polar surface area (TPSA) is 18.5 Å². The molecule has 3 aliphatic rings. The van der Waals surface area contributed by atoms with Crippen LogP contribution in [0.3, 0.4) is 0 Å². The highest BCUT2D eigenvalue weighted by atomic mass is 32.1. The lowest BCUT2D eigenvalue weighted by molar-refractivity contribution is -0.00358. The second kappa shape index (κ2) is 5.70. The first-order valence-corrected chi connectivity index (χ1v) is 8.04. The summed E-state index contributed by atoms with van der Waals surface area (Å²) >= 11 is 1.81. The molecule has 3 aliphatic heterocycles. The summed E-state index contributed by atoms with van der Waals surface area (Å²) in [5, 5.41) is 8.28. The SMILES string of the molecule is CCCNC(c1ccsc1)C1CN2CCN1CC2. The average Bonchev–Trinajstić information content (AvgIpc) is 2.95. The molecule has 3 nitrogen and oxygen atoms in total. The first-order chi connectivity index (χ1) is 8.88. The lowest BCUT2D eigenvalue weighted by atomic mass is 9.95. The van der Waals surface area contributed by atoms with Gasteiger partial charge in [-0.15, -0.1) is 0 Å². The van der Waals surface area contributed by atoms with E-state index in [1.807, 2.05) is 11.3 Å². The molecule has 0 amide bonds. The lowest BCUT2D eigenvalue weighted by Gasteiger charge is -2.50. The molecule has 100 valence electrons. The monoisotopic (exact) mass is 265 g/mol. The maximum atomic E-state index is 3.76. The highest BCUT2D eigenvalue weighted by Crippen LogP contribution is 2.28. The van der Waals surface area contributed by atoms with Crippen LogP contribution in [-0.2, 0) is 0 Å². The van der Waals surface area contributed by atoms with Gasteiger partial charge in [-0.05, 0) is 35.4 Å². The van der Waals surface area contributed by atoms with Crippen LogP contribution >= 0.6 is 11.3 Å². The molecule has 18 heavy (non-hydrogen) atoms. The van der Waals surface area contributed by atoms with E-state index >= 15 is 0 Å². The maximum absolute atomic E-state index is 3.76. The third-order valence-corrected chi connectivity index (χ3v) is 4.92. The van der Waals surface area contributed by atoms with Crippen LogP contribution in [0, 0.1) is 0 Å². The zero-order chi connectivity index (χ0) is 12.4. The van der Waals surface area contributed by atoms with Crippen LogP contribution in [0.25, 0.3) is 0 Å². The number of nitrogens with one attached hydrogen (secondary N) is 1. The second-order valence-corrected chi connectivity index (χ2v) is 6.17. The summed E-state index contributed by atoms with van der Waals surface area (Å²) in [6.07, 6.45) is 1.21. The van der Waals surface area contributed by atoms with Gasteiger partial charge in [0.25, 0.3) is 0 Å². The van der Waals surface area contributed by atoms with Crippen LogP contribution in [0.2, 0.25) is 0 Å². The van der Waals surface area contributed by atoms with E-state index in [9.17, 15) is 0 Å². The molecule has 0 radical (unpaired) electrons. The molecule has 2 unspecified atom stereocenters.